The summed E-state index contributed by atoms with van der Waals surface area (Å²) in [5, 5.41) is 2.89. The van der Waals surface area contributed by atoms with Crippen LogP contribution in [0.3, 0.4) is 0 Å². The fraction of sp³-hybridized carbons (Fsp3) is 0.611. The number of halogens is 3. The summed E-state index contributed by atoms with van der Waals surface area (Å²) in [5.74, 6) is -0.497. The van der Waals surface area contributed by atoms with Crippen molar-refractivity contribution in [3.8, 4) is 5.75 Å². The van der Waals surface area contributed by atoms with Gasteiger partial charge in [-0.1, -0.05) is 0 Å². The third-order valence-corrected chi connectivity index (χ3v) is 7.01. The Hall–Kier alpha value is -2.05. The van der Waals surface area contributed by atoms with Crippen molar-refractivity contribution in [2.24, 2.45) is 0 Å². The van der Waals surface area contributed by atoms with Crippen molar-refractivity contribution < 1.29 is 35.9 Å². The number of amides is 2. The molecule has 0 unspecified atom stereocenters. The van der Waals surface area contributed by atoms with E-state index in [1.165, 1.54) is 9.21 Å². The molecule has 2 saturated heterocycles. The van der Waals surface area contributed by atoms with Gasteiger partial charge in [0.2, 0.25) is 10.0 Å². The number of piperazine rings is 1. The standard InChI is InChI=1S/C18H24F3N3O5S/c1-13(16-3-2-12-28-16)22-17(25)23-8-10-24(11-9-23)30(26,27)15-6-4-14(5-7-15)29-18(19,20)21/h4-7,13,16H,2-3,8-12H2,1H3,(H,22,25)/t13-,16+/m0/s1. The predicted molar refractivity (Wildman–Crippen MR) is 100 cm³/mol. The van der Waals surface area contributed by atoms with E-state index in [4.69, 9.17) is 4.74 Å². The lowest BCUT2D eigenvalue weighted by Gasteiger charge is -2.35. The molecule has 0 radical (unpaired) electrons. The third-order valence-electron chi connectivity index (χ3n) is 5.09. The maximum Gasteiger partial charge on any atom is 0.573 e. The number of alkyl halides is 3. The molecule has 0 aliphatic carbocycles. The van der Waals surface area contributed by atoms with Gasteiger partial charge in [0.15, 0.2) is 0 Å². The minimum absolute atomic E-state index is 0.0140. The molecule has 1 aromatic carbocycles. The van der Waals surface area contributed by atoms with Gasteiger partial charge in [0.05, 0.1) is 17.0 Å². The van der Waals surface area contributed by atoms with Crippen molar-refractivity contribution in [3.05, 3.63) is 24.3 Å². The van der Waals surface area contributed by atoms with E-state index >= 15 is 0 Å². The van der Waals surface area contributed by atoms with Crippen molar-refractivity contribution in [2.75, 3.05) is 32.8 Å². The molecule has 0 aromatic heterocycles. The first-order valence-electron chi connectivity index (χ1n) is 9.59. The molecule has 12 heteroatoms. The summed E-state index contributed by atoms with van der Waals surface area (Å²) in [4.78, 5) is 13.8. The number of rotatable bonds is 5. The molecular formula is C18H24F3N3O5S. The quantitative estimate of drug-likeness (QED) is 0.742. The van der Waals surface area contributed by atoms with E-state index in [0.29, 0.717) is 6.61 Å². The topological polar surface area (TPSA) is 88.2 Å². The minimum Gasteiger partial charge on any atom is -0.406 e. The molecule has 1 N–H and O–H groups in total. The van der Waals surface area contributed by atoms with Crippen LogP contribution in [0.1, 0.15) is 19.8 Å². The summed E-state index contributed by atoms with van der Waals surface area (Å²) < 4.78 is 72.7. The Kier molecular flexibility index (Phi) is 6.78. The van der Waals surface area contributed by atoms with Crippen molar-refractivity contribution in [1.29, 1.82) is 0 Å². The normalized spacial score (nSPS) is 22.0. The van der Waals surface area contributed by atoms with E-state index in [1.54, 1.807) is 0 Å². The first-order chi connectivity index (χ1) is 14.1. The molecule has 2 atom stereocenters. The lowest BCUT2D eigenvalue weighted by Crippen LogP contribution is -2.55. The summed E-state index contributed by atoms with van der Waals surface area (Å²) in [5.41, 5.74) is 0. The fourth-order valence-electron chi connectivity index (χ4n) is 3.47. The maximum atomic E-state index is 12.7. The second kappa shape index (κ2) is 8.98. The first kappa shape index (κ1) is 22.6. The van der Waals surface area contributed by atoms with Crippen molar-refractivity contribution >= 4 is 16.1 Å². The number of carbonyl (C=O) groups is 1. The number of hydrogen-bond acceptors (Lipinski definition) is 5. The fourth-order valence-corrected chi connectivity index (χ4v) is 4.89. The van der Waals surface area contributed by atoms with Gasteiger partial charge in [-0.3, -0.25) is 0 Å². The third kappa shape index (κ3) is 5.55. The highest BCUT2D eigenvalue weighted by Gasteiger charge is 2.33. The van der Waals surface area contributed by atoms with Gasteiger partial charge in [-0.15, -0.1) is 13.2 Å². The van der Waals surface area contributed by atoms with Crippen LogP contribution in [0.25, 0.3) is 0 Å². The van der Waals surface area contributed by atoms with E-state index < -0.39 is 22.1 Å². The van der Waals surface area contributed by atoms with Gasteiger partial charge in [0.25, 0.3) is 0 Å². The lowest BCUT2D eigenvalue weighted by molar-refractivity contribution is -0.274. The number of sulfonamides is 1. The van der Waals surface area contributed by atoms with Crippen molar-refractivity contribution in [2.45, 2.75) is 43.2 Å². The molecule has 2 heterocycles. The minimum atomic E-state index is -4.85. The van der Waals surface area contributed by atoms with Gasteiger partial charge < -0.3 is 19.7 Å². The Balaban J connectivity index is 1.55. The van der Waals surface area contributed by atoms with Crippen LogP contribution in [0, 0.1) is 0 Å². The van der Waals surface area contributed by atoms with Gasteiger partial charge in [0, 0.05) is 32.8 Å². The summed E-state index contributed by atoms with van der Waals surface area (Å²) in [6.45, 7) is 3.15. The van der Waals surface area contributed by atoms with Crippen LogP contribution in [0.4, 0.5) is 18.0 Å². The maximum absolute atomic E-state index is 12.7. The van der Waals surface area contributed by atoms with E-state index in [2.05, 4.69) is 10.1 Å². The predicted octanol–water partition coefficient (Wildman–Crippen LogP) is 2.17. The highest BCUT2D eigenvalue weighted by atomic mass is 32.2. The average molecular weight is 451 g/mol. The molecular weight excluding hydrogens is 427 g/mol. The molecule has 3 rings (SSSR count). The molecule has 30 heavy (non-hydrogen) atoms. The molecule has 2 aliphatic rings. The van der Waals surface area contributed by atoms with Gasteiger partial charge in [0.1, 0.15) is 5.75 Å². The van der Waals surface area contributed by atoms with E-state index in [1.807, 2.05) is 6.92 Å². The zero-order valence-electron chi connectivity index (χ0n) is 16.4. The zero-order chi connectivity index (χ0) is 21.9. The highest BCUT2D eigenvalue weighted by molar-refractivity contribution is 7.89. The van der Waals surface area contributed by atoms with Crippen LogP contribution in [-0.2, 0) is 14.8 Å². The monoisotopic (exact) mass is 451 g/mol. The molecule has 8 nitrogen and oxygen atoms in total. The van der Waals surface area contributed by atoms with E-state index in [9.17, 15) is 26.4 Å². The lowest BCUT2D eigenvalue weighted by atomic mass is 10.1. The van der Waals surface area contributed by atoms with Crippen LogP contribution < -0.4 is 10.1 Å². The van der Waals surface area contributed by atoms with Crippen LogP contribution in [-0.4, -0.2) is 74.9 Å². The van der Waals surface area contributed by atoms with E-state index in [-0.39, 0.29) is 49.3 Å². The largest absolute Gasteiger partial charge is 0.573 e. The Morgan fingerprint density at radius 1 is 1.20 bits per heavy atom. The van der Waals surface area contributed by atoms with Crippen LogP contribution >= 0.6 is 0 Å². The summed E-state index contributed by atoms with van der Waals surface area (Å²) in [7, 11) is -3.89. The Labute approximate surface area is 173 Å². The zero-order valence-corrected chi connectivity index (χ0v) is 17.2. The molecule has 2 amide bonds. The van der Waals surface area contributed by atoms with Gasteiger partial charge in [-0.2, -0.15) is 4.31 Å². The molecule has 0 bridgehead atoms. The van der Waals surface area contributed by atoms with E-state index in [0.717, 1.165) is 37.1 Å². The van der Waals surface area contributed by atoms with Gasteiger partial charge >= 0.3 is 12.4 Å². The SMILES string of the molecule is C[C@H](NC(=O)N1CCN(S(=O)(=O)c2ccc(OC(F)(F)F)cc2)CC1)[C@H]1CCCO1. The number of nitrogens with one attached hydrogen (secondary N) is 1. The Bertz CT molecular complexity index is 834. The molecule has 1 aromatic rings. The number of ether oxygens (including phenoxy) is 2. The number of carbonyl (C=O) groups excluding carboxylic acids is 1. The Morgan fingerprint density at radius 2 is 1.83 bits per heavy atom. The highest BCUT2D eigenvalue weighted by Crippen LogP contribution is 2.25. The average Bonchev–Trinajstić information content (AvgIpc) is 3.22. The van der Waals surface area contributed by atoms with Gasteiger partial charge in [-0.25, -0.2) is 13.2 Å². The number of urea groups is 1. The van der Waals surface area contributed by atoms with Crippen LogP contribution in [0.5, 0.6) is 5.75 Å². The number of benzene rings is 1. The molecule has 0 spiro atoms. The van der Waals surface area contributed by atoms with Gasteiger partial charge in [-0.05, 0) is 44.0 Å². The molecule has 2 aliphatic heterocycles. The summed E-state index contributed by atoms with van der Waals surface area (Å²) >= 11 is 0. The smallest absolute Gasteiger partial charge is 0.406 e. The number of nitrogens with zero attached hydrogens (tertiary/aromatic N) is 2. The second-order valence-electron chi connectivity index (χ2n) is 7.20. The van der Waals surface area contributed by atoms with Crippen molar-refractivity contribution in [3.63, 3.8) is 0 Å². The second-order valence-corrected chi connectivity index (χ2v) is 9.14. The molecule has 0 saturated carbocycles. The van der Waals surface area contributed by atoms with Crippen LogP contribution in [0.15, 0.2) is 29.2 Å². The summed E-state index contributed by atoms with van der Waals surface area (Å²) in [6, 6.07) is 3.63. The summed E-state index contributed by atoms with van der Waals surface area (Å²) in [6.07, 6.45) is -3.01. The Morgan fingerprint density at radius 3 is 2.37 bits per heavy atom. The molecule has 168 valence electrons. The van der Waals surface area contributed by atoms with Crippen LogP contribution in [0.2, 0.25) is 0 Å². The first-order valence-corrected chi connectivity index (χ1v) is 11.0. The molecule has 2 fully saturated rings. The van der Waals surface area contributed by atoms with Crippen molar-refractivity contribution in [1.82, 2.24) is 14.5 Å². The number of hydrogen-bond donors (Lipinski definition) is 1.